The third-order valence-electron chi connectivity index (χ3n) is 3.41. The van der Waals surface area contributed by atoms with Gasteiger partial charge in [-0.05, 0) is 49.8 Å². The van der Waals surface area contributed by atoms with E-state index in [0.29, 0.717) is 6.42 Å². The summed E-state index contributed by atoms with van der Waals surface area (Å²) in [5.74, 6) is -0.483. The molecule has 3 N–H and O–H groups in total. The first kappa shape index (κ1) is 18.9. The van der Waals surface area contributed by atoms with Crippen LogP contribution in [0.2, 0.25) is 0 Å². The first-order chi connectivity index (χ1) is 10.5. The summed E-state index contributed by atoms with van der Waals surface area (Å²) in [5, 5.41) is 2.15. The van der Waals surface area contributed by atoms with Crippen molar-refractivity contribution < 1.29 is 13.2 Å². The Hall–Kier alpha value is -0.450. The number of hydrogen-bond acceptors (Lipinski definition) is 4. The lowest BCUT2D eigenvalue weighted by Crippen LogP contribution is -2.50. The van der Waals surface area contributed by atoms with Crippen molar-refractivity contribution in [3.63, 3.8) is 0 Å². The molecule has 6 nitrogen and oxygen atoms in total. The van der Waals surface area contributed by atoms with Gasteiger partial charge in [-0.2, -0.15) is 0 Å². The minimum absolute atomic E-state index is 0.0389. The molecule has 0 spiro atoms. The highest BCUT2D eigenvalue weighted by Gasteiger charge is 2.68. The number of amides is 1. The second kappa shape index (κ2) is 6.45. The maximum absolute atomic E-state index is 12.0. The van der Waals surface area contributed by atoms with E-state index in [0.717, 1.165) is 4.47 Å². The van der Waals surface area contributed by atoms with E-state index in [4.69, 9.17) is 35.4 Å². The highest BCUT2D eigenvalue weighted by molar-refractivity contribution is 9.10. The molecule has 0 aromatic heterocycles. The fourth-order valence-corrected chi connectivity index (χ4v) is 3.73. The monoisotopic (exact) mass is 459 g/mol. The van der Waals surface area contributed by atoms with Crippen LogP contribution >= 0.6 is 51.3 Å². The van der Waals surface area contributed by atoms with Crippen molar-refractivity contribution in [2.24, 2.45) is 5.41 Å². The van der Waals surface area contributed by atoms with Crippen molar-refractivity contribution in [3.05, 3.63) is 28.7 Å². The first-order valence-corrected chi connectivity index (χ1v) is 9.69. The summed E-state index contributed by atoms with van der Waals surface area (Å²) in [6.45, 7) is 1.59. The quantitative estimate of drug-likeness (QED) is 0.364. The Labute approximate surface area is 157 Å². The van der Waals surface area contributed by atoms with Crippen LogP contribution in [0.1, 0.15) is 13.3 Å². The van der Waals surface area contributed by atoms with Gasteiger partial charge in [0, 0.05) is 4.47 Å². The molecular formula is C12H12BrCl2N3O3S2. The topological polar surface area (TPSA) is 87.3 Å². The number of nitrogens with one attached hydrogen (secondary N) is 3. The number of rotatable bonds is 4. The van der Waals surface area contributed by atoms with Gasteiger partial charge in [-0.25, -0.2) is 8.42 Å². The predicted molar refractivity (Wildman–Crippen MR) is 95.5 cm³/mol. The van der Waals surface area contributed by atoms with Crippen LogP contribution in [0.3, 0.4) is 0 Å². The van der Waals surface area contributed by atoms with Gasteiger partial charge in [-0.1, -0.05) is 15.9 Å². The summed E-state index contributed by atoms with van der Waals surface area (Å²) >= 11 is 19.9. The van der Waals surface area contributed by atoms with Crippen LogP contribution < -0.4 is 15.6 Å². The Morgan fingerprint density at radius 1 is 1.30 bits per heavy atom. The lowest BCUT2D eigenvalue weighted by Gasteiger charge is -2.15. The zero-order valence-electron chi connectivity index (χ0n) is 11.7. The lowest BCUT2D eigenvalue weighted by atomic mass is 10.1. The number of benzene rings is 1. The molecule has 1 aromatic carbocycles. The highest BCUT2D eigenvalue weighted by atomic mass is 79.9. The SMILES string of the molecule is CC1(C(=O)NC(=S)NNS(=O)(=O)c2ccc(Br)cc2)CC1(Cl)Cl. The van der Waals surface area contributed by atoms with Gasteiger partial charge < -0.3 is 5.32 Å². The number of thiocarbonyl (C=S) groups is 1. The van der Waals surface area contributed by atoms with Gasteiger partial charge in [0.25, 0.3) is 10.0 Å². The zero-order chi connectivity index (χ0) is 17.5. The molecule has 23 heavy (non-hydrogen) atoms. The average Bonchev–Trinajstić information content (AvgIpc) is 2.97. The molecule has 1 aliphatic carbocycles. The molecule has 2 rings (SSSR count). The Morgan fingerprint density at radius 3 is 2.30 bits per heavy atom. The van der Waals surface area contributed by atoms with Crippen LogP contribution in [0.25, 0.3) is 0 Å². The Kier molecular flexibility index (Phi) is 5.30. The second-order valence-corrected chi connectivity index (χ2v) is 9.67. The molecule has 0 radical (unpaired) electrons. The third-order valence-corrected chi connectivity index (χ3v) is 6.51. The van der Waals surface area contributed by atoms with Gasteiger partial charge in [0.2, 0.25) is 5.91 Å². The van der Waals surface area contributed by atoms with Gasteiger partial charge in [0.05, 0.1) is 10.3 Å². The van der Waals surface area contributed by atoms with Crippen LogP contribution in [0.4, 0.5) is 0 Å². The molecule has 1 unspecified atom stereocenters. The molecule has 11 heteroatoms. The van der Waals surface area contributed by atoms with Crippen LogP contribution in [-0.2, 0) is 14.8 Å². The summed E-state index contributed by atoms with van der Waals surface area (Å²) in [7, 11) is -3.82. The Bertz CT molecular complexity index is 755. The molecule has 0 bridgehead atoms. The number of hydrogen-bond donors (Lipinski definition) is 3. The first-order valence-electron chi connectivity index (χ1n) is 6.25. The number of hydrazine groups is 1. The van der Waals surface area contributed by atoms with Gasteiger partial charge in [0.15, 0.2) is 5.11 Å². The van der Waals surface area contributed by atoms with Crippen molar-refractivity contribution in [3.8, 4) is 0 Å². The molecule has 1 amide bonds. The van der Waals surface area contributed by atoms with Crippen molar-refractivity contribution in [1.82, 2.24) is 15.6 Å². The number of alkyl halides is 2. The minimum atomic E-state index is -3.82. The van der Waals surface area contributed by atoms with E-state index in [9.17, 15) is 13.2 Å². The average molecular weight is 461 g/mol. The second-order valence-electron chi connectivity index (χ2n) is 5.18. The van der Waals surface area contributed by atoms with Gasteiger partial charge in [0.1, 0.15) is 4.33 Å². The summed E-state index contributed by atoms with van der Waals surface area (Å²) in [6, 6.07) is 6.00. The fraction of sp³-hybridized carbons (Fsp3) is 0.333. The lowest BCUT2D eigenvalue weighted by molar-refractivity contribution is -0.124. The molecule has 1 fully saturated rings. The molecule has 1 saturated carbocycles. The Balaban J connectivity index is 1.92. The third kappa shape index (κ3) is 4.15. The maximum Gasteiger partial charge on any atom is 0.257 e. The van der Waals surface area contributed by atoms with E-state index in [2.05, 4.69) is 31.5 Å². The van der Waals surface area contributed by atoms with Crippen molar-refractivity contribution >= 4 is 72.4 Å². The summed E-state index contributed by atoms with van der Waals surface area (Å²) in [4.78, 5) is 14.1. The van der Waals surface area contributed by atoms with E-state index < -0.39 is 25.7 Å². The van der Waals surface area contributed by atoms with Crippen molar-refractivity contribution in [2.75, 3.05) is 0 Å². The molecule has 126 valence electrons. The highest BCUT2D eigenvalue weighted by Crippen LogP contribution is 2.63. The standard InChI is InChI=1S/C12H12BrCl2N3O3S2/c1-11(6-12(11,14)15)9(19)16-10(22)17-18-23(20,21)8-4-2-7(13)3-5-8/h2-5,18H,6H2,1H3,(H2,16,17,19,22). The van der Waals surface area contributed by atoms with Crippen LogP contribution in [0, 0.1) is 5.41 Å². The van der Waals surface area contributed by atoms with Crippen LogP contribution in [-0.4, -0.2) is 23.8 Å². The molecule has 0 saturated heterocycles. The van der Waals surface area contributed by atoms with E-state index in [1.54, 1.807) is 19.1 Å². The fourth-order valence-electron chi connectivity index (χ4n) is 1.70. The van der Waals surface area contributed by atoms with Crippen LogP contribution in [0.5, 0.6) is 0 Å². The molecule has 1 aliphatic rings. The smallest absolute Gasteiger partial charge is 0.257 e. The van der Waals surface area contributed by atoms with Crippen molar-refractivity contribution in [2.45, 2.75) is 22.6 Å². The normalized spacial score (nSPS) is 22.3. The Morgan fingerprint density at radius 2 is 1.83 bits per heavy atom. The van der Waals surface area contributed by atoms with E-state index in [1.165, 1.54) is 12.1 Å². The van der Waals surface area contributed by atoms with E-state index >= 15 is 0 Å². The number of sulfonamides is 1. The maximum atomic E-state index is 12.0. The summed E-state index contributed by atoms with van der Waals surface area (Å²) in [5.41, 5.74) is 1.31. The molecule has 1 aromatic rings. The zero-order valence-corrected chi connectivity index (χ0v) is 16.4. The van der Waals surface area contributed by atoms with E-state index in [1.807, 2.05) is 0 Å². The summed E-state index contributed by atoms with van der Waals surface area (Å²) in [6.07, 6.45) is 0.294. The molecule has 0 heterocycles. The van der Waals surface area contributed by atoms with Crippen LogP contribution in [0.15, 0.2) is 33.6 Å². The number of carbonyl (C=O) groups excluding carboxylic acids is 1. The molecule has 1 atom stereocenters. The number of carbonyl (C=O) groups is 1. The van der Waals surface area contributed by atoms with Gasteiger partial charge in [-0.3, -0.25) is 10.2 Å². The largest absolute Gasteiger partial charge is 0.302 e. The number of halogens is 3. The van der Waals surface area contributed by atoms with Crippen molar-refractivity contribution in [1.29, 1.82) is 0 Å². The van der Waals surface area contributed by atoms with Gasteiger partial charge >= 0.3 is 0 Å². The molecule has 0 aliphatic heterocycles. The van der Waals surface area contributed by atoms with Gasteiger partial charge in [-0.15, -0.1) is 28.0 Å². The molecular weight excluding hydrogens is 449 g/mol. The van der Waals surface area contributed by atoms with E-state index in [-0.39, 0.29) is 10.0 Å². The summed E-state index contributed by atoms with van der Waals surface area (Å²) < 4.78 is 23.7. The minimum Gasteiger partial charge on any atom is -0.302 e. The predicted octanol–water partition coefficient (Wildman–Crippen LogP) is 2.22.